The lowest BCUT2D eigenvalue weighted by Gasteiger charge is -2.32. The summed E-state index contributed by atoms with van der Waals surface area (Å²) in [5.41, 5.74) is 2.54. The van der Waals surface area contributed by atoms with Crippen LogP contribution < -0.4 is 10.1 Å². The lowest BCUT2D eigenvalue weighted by molar-refractivity contribution is -0.124. The Bertz CT molecular complexity index is 534. The topological polar surface area (TPSA) is 41.6 Å². The number of carbonyl (C=O) groups is 1. The van der Waals surface area contributed by atoms with Gasteiger partial charge in [-0.15, -0.1) is 0 Å². The number of amides is 1. The lowest BCUT2D eigenvalue weighted by atomic mass is 9.98. The summed E-state index contributed by atoms with van der Waals surface area (Å²) in [7, 11) is 0. The normalized spacial score (nSPS) is 16.4. The van der Waals surface area contributed by atoms with Crippen molar-refractivity contribution in [3.8, 4) is 5.75 Å². The second-order valence-electron chi connectivity index (χ2n) is 7.15. The number of nitrogens with zero attached hydrogens (tertiary/aromatic N) is 1. The van der Waals surface area contributed by atoms with Crippen molar-refractivity contribution >= 4 is 5.91 Å². The predicted octanol–water partition coefficient (Wildman–Crippen LogP) is 3.49. The number of nitrogens with one attached hydrogen (secondary N) is 1. The third-order valence-electron chi connectivity index (χ3n) is 4.73. The fourth-order valence-corrected chi connectivity index (χ4v) is 3.42. The molecule has 1 aromatic carbocycles. The van der Waals surface area contributed by atoms with E-state index in [-0.39, 0.29) is 12.5 Å². The molecule has 0 radical (unpaired) electrons. The van der Waals surface area contributed by atoms with Crippen LogP contribution in [0.1, 0.15) is 57.1 Å². The third kappa shape index (κ3) is 5.52. The van der Waals surface area contributed by atoms with Crippen LogP contribution in [0.3, 0.4) is 0 Å². The Hall–Kier alpha value is -1.55. The molecule has 134 valence electrons. The first-order valence-corrected chi connectivity index (χ1v) is 9.24. The molecular weight excluding hydrogens is 300 g/mol. The van der Waals surface area contributed by atoms with Gasteiger partial charge in [-0.3, -0.25) is 4.79 Å². The van der Waals surface area contributed by atoms with Crippen LogP contribution in [0.25, 0.3) is 0 Å². The van der Waals surface area contributed by atoms with Crippen molar-refractivity contribution in [1.82, 2.24) is 10.2 Å². The van der Waals surface area contributed by atoms with Crippen LogP contribution in [0.15, 0.2) is 18.2 Å². The van der Waals surface area contributed by atoms with Gasteiger partial charge in [0.15, 0.2) is 6.61 Å². The quantitative estimate of drug-likeness (QED) is 0.831. The Morgan fingerprint density at radius 2 is 2.04 bits per heavy atom. The van der Waals surface area contributed by atoms with Gasteiger partial charge >= 0.3 is 0 Å². The molecule has 0 atom stereocenters. The Kier molecular flexibility index (Phi) is 7.10. The van der Waals surface area contributed by atoms with E-state index in [1.165, 1.54) is 17.5 Å². The van der Waals surface area contributed by atoms with Gasteiger partial charge in [-0.1, -0.05) is 26.8 Å². The molecule has 0 bridgehead atoms. The molecule has 1 amide bonds. The predicted molar refractivity (Wildman–Crippen MR) is 98.7 cm³/mol. The van der Waals surface area contributed by atoms with Gasteiger partial charge in [-0.05, 0) is 61.9 Å². The van der Waals surface area contributed by atoms with Crippen LogP contribution >= 0.6 is 0 Å². The molecule has 24 heavy (non-hydrogen) atoms. The number of piperidine rings is 1. The number of ether oxygens (including phenoxy) is 1. The number of likely N-dealkylation sites (tertiary alicyclic amines) is 1. The van der Waals surface area contributed by atoms with E-state index in [0.717, 1.165) is 38.2 Å². The molecule has 0 spiro atoms. The molecule has 1 saturated heterocycles. The maximum Gasteiger partial charge on any atom is 0.258 e. The van der Waals surface area contributed by atoms with E-state index in [4.69, 9.17) is 4.74 Å². The molecule has 1 aliphatic rings. The molecule has 1 fully saturated rings. The summed E-state index contributed by atoms with van der Waals surface area (Å²) < 4.78 is 5.66. The largest absolute Gasteiger partial charge is 0.484 e. The smallest absolute Gasteiger partial charge is 0.258 e. The molecule has 1 N–H and O–H groups in total. The minimum absolute atomic E-state index is 0.0190. The first-order valence-electron chi connectivity index (χ1n) is 9.24. The minimum atomic E-state index is -0.0190. The first kappa shape index (κ1) is 18.8. The summed E-state index contributed by atoms with van der Waals surface area (Å²) in [6.45, 7) is 12.1. The second-order valence-corrected chi connectivity index (χ2v) is 7.15. The van der Waals surface area contributed by atoms with E-state index in [1.807, 2.05) is 12.1 Å². The van der Waals surface area contributed by atoms with E-state index in [9.17, 15) is 4.79 Å². The third-order valence-corrected chi connectivity index (χ3v) is 4.73. The van der Waals surface area contributed by atoms with E-state index >= 15 is 0 Å². The molecule has 1 aromatic rings. The molecule has 4 nitrogen and oxygen atoms in total. The van der Waals surface area contributed by atoms with Crippen molar-refractivity contribution in [2.75, 3.05) is 26.2 Å². The fourth-order valence-electron chi connectivity index (χ4n) is 3.42. The van der Waals surface area contributed by atoms with Gasteiger partial charge < -0.3 is 15.0 Å². The molecule has 2 rings (SSSR count). The highest BCUT2D eigenvalue weighted by Crippen LogP contribution is 2.23. The first-order chi connectivity index (χ1) is 11.5. The van der Waals surface area contributed by atoms with Crippen LogP contribution in [0.4, 0.5) is 0 Å². The van der Waals surface area contributed by atoms with Gasteiger partial charge in [0.25, 0.3) is 5.91 Å². The Balaban J connectivity index is 1.75. The van der Waals surface area contributed by atoms with Crippen molar-refractivity contribution in [2.45, 2.75) is 58.9 Å². The molecule has 0 aliphatic carbocycles. The average molecular weight is 332 g/mol. The molecular formula is C20H32N2O2. The summed E-state index contributed by atoms with van der Waals surface area (Å²) >= 11 is 0. The molecule has 4 heteroatoms. The zero-order valence-corrected chi connectivity index (χ0v) is 15.6. The molecule has 1 heterocycles. The van der Waals surface area contributed by atoms with Crippen LogP contribution in [-0.4, -0.2) is 43.1 Å². The van der Waals surface area contributed by atoms with Crippen molar-refractivity contribution < 1.29 is 9.53 Å². The highest BCUT2D eigenvalue weighted by Gasteiger charge is 2.20. The van der Waals surface area contributed by atoms with Crippen molar-refractivity contribution in [3.05, 3.63) is 29.3 Å². The zero-order valence-electron chi connectivity index (χ0n) is 15.6. The van der Waals surface area contributed by atoms with Crippen LogP contribution in [0.5, 0.6) is 5.75 Å². The van der Waals surface area contributed by atoms with Gasteiger partial charge in [0, 0.05) is 19.1 Å². The Morgan fingerprint density at radius 3 is 2.62 bits per heavy atom. The van der Waals surface area contributed by atoms with Crippen LogP contribution in [-0.2, 0) is 4.79 Å². The van der Waals surface area contributed by atoms with E-state index in [0.29, 0.717) is 12.0 Å². The number of hydrogen-bond donors (Lipinski definition) is 1. The van der Waals surface area contributed by atoms with Crippen LogP contribution in [0.2, 0.25) is 0 Å². The standard InChI is InChI=1S/C20H32N2O2/c1-5-10-22-11-8-17(9-12-22)21-20(23)14-24-18-6-7-19(15(2)3)16(4)13-18/h6-7,13,15,17H,5,8-12,14H2,1-4H3,(H,21,23). The SMILES string of the molecule is CCCN1CCC(NC(=O)COc2ccc(C(C)C)c(C)c2)CC1. The Labute approximate surface area is 146 Å². The highest BCUT2D eigenvalue weighted by molar-refractivity contribution is 5.77. The van der Waals surface area contributed by atoms with E-state index < -0.39 is 0 Å². The number of rotatable bonds is 7. The summed E-state index contributed by atoms with van der Waals surface area (Å²) in [5, 5.41) is 3.11. The van der Waals surface area contributed by atoms with Crippen molar-refractivity contribution in [1.29, 1.82) is 0 Å². The zero-order chi connectivity index (χ0) is 17.5. The summed E-state index contributed by atoms with van der Waals surface area (Å²) in [6, 6.07) is 6.36. The summed E-state index contributed by atoms with van der Waals surface area (Å²) in [5.74, 6) is 1.25. The van der Waals surface area contributed by atoms with Gasteiger partial charge in [-0.2, -0.15) is 0 Å². The Morgan fingerprint density at radius 1 is 1.33 bits per heavy atom. The highest BCUT2D eigenvalue weighted by atomic mass is 16.5. The number of aryl methyl sites for hydroxylation is 1. The van der Waals surface area contributed by atoms with E-state index in [2.05, 4.69) is 44.0 Å². The lowest BCUT2D eigenvalue weighted by Crippen LogP contribution is -2.46. The van der Waals surface area contributed by atoms with Gasteiger partial charge in [-0.25, -0.2) is 0 Å². The second kappa shape index (κ2) is 9.07. The number of benzene rings is 1. The maximum atomic E-state index is 12.1. The minimum Gasteiger partial charge on any atom is -0.484 e. The van der Waals surface area contributed by atoms with Gasteiger partial charge in [0.1, 0.15) is 5.75 Å². The van der Waals surface area contributed by atoms with Crippen molar-refractivity contribution in [2.24, 2.45) is 0 Å². The van der Waals surface area contributed by atoms with Crippen LogP contribution in [0, 0.1) is 6.92 Å². The monoisotopic (exact) mass is 332 g/mol. The molecule has 0 unspecified atom stereocenters. The van der Waals surface area contributed by atoms with E-state index in [1.54, 1.807) is 0 Å². The summed E-state index contributed by atoms with van der Waals surface area (Å²) in [4.78, 5) is 14.6. The molecule has 0 aromatic heterocycles. The number of hydrogen-bond acceptors (Lipinski definition) is 3. The van der Waals surface area contributed by atoms with Gasteiger partial charge in [0.05, 0.1) is 0 Å². The molecule has 0 saturated carbocycles. The van der Waals surface area contributed by atoms with Crippen molar-refractivity contribution in [3.63, 3.8) is 0 Å². The average Bonchev–Trinajstić information content (AvgIpc) is 2.55. The number of carbonyl (C=O) groups excluding carboxylic acids is 1. The maximum absolute atomic E-state index is 12.1. The summed E-state index contributed by atoms with van der Waals surface area (Å²) in [6.07, 6.45) is 3.27. The van der Waals surface area contributed by atoms with Gasteiger partial charge in [0.2, 0.25) is 0 Å². The molecule has 1 aliphatic heterocycles. The fraction of sp³-hybridized carbons (Fsp3) is 0.650.